The van der Waals surface area contributed by atoms with E-state index >= 15 is 0 Å². The number of hydrogen-bond acceptors (Lipinski definition) is 2. The molecule has 2 aromatic rings. The smallest absolute Gasteiger partial charge is 0.0802 e. The lowest BCUT2D eigenvalue weighted by Gasteiger charge is -2.19. The van der Waals surface area contributed by atoms with Crippen molar-refractivity contribution < 1.29 is 5.11 Å². The highest BCUT2D eigenvalue weighted by molar-refractivity contribution is 9.10. The molecule has 112 valence electrons. The first-order valence-corrected chi connectivity index (χ1v) is 8.01. The number of aryl methyl sites for hydroxylation is 1. The van der Waals surface area contributed by atoms with Crippen LogP contribution in [0, 0.1) is 6.92 Å². The van der Waals surface area contributed by atoms with Crippen LogP contribution in [0.4, 0.5) is 0 Å². The van der Waals surface area contributed by atoms with Gasteiger partial charge in [0.05, 0.1) is 6.10 Å². The molecule has 2 aromatic carbocycles. The fourth-order valence-electron chi connectivity index (χ4n) is 2.31. The van der Waals surface area contributed by atoms with Gasteiger partial charge in [0, 0.05) is 17.6 Å². The quantitative estimate of drug-likeness (QED) is 0.841. The molecule has 1 N–H and O–H groups in total. The summed E-state index contributed by atoms with van der Waals surface area (Å²) < 4.78 is 1.01. The number of nitrogens with zero attached hydrogens (tertiary/aromatic N) is 1. The average Bonchev–Trinajstić information content (AvgIpc) is 2.47. The standard InChI is InChI=1S/C18H22BrNO/c1-14-6-8-15(9-7-14)13-20(2)11-10-18(21)16-4-3-5-17(19)12-16/h3-9,12,18,21H,10-11,13H2,1-2H3. The molecule has 0 fully saturated rings. The Balaban J connectivity index is 1.83. The van der Waals surface area contributed by atoms with E-state index in [1.54, 1.807) is 0 Å². The van der Waals surface area contributed by atoms with Crippen LogP contribution in [0.15, 0.2) is 53.0 Å². The summed E-state index contributed by atoms with van der Waals surface area (Å²) in [6.07, 6.45) is 0.321. The van der Waals surface area contributed by atoms with Crippen molar-refractivity contribution >= 4 is 15.9 Å². The summed E-state index contributed by atoms with van der Waals surface area (Å²) in [7, 11) is 2.09. The minimum atomic E-state index is -0.414. The van der Waals surface area contributed by atoms with Crippen LogP contribution in [0.25, 0.3) is 0 Å². The highest BCUT2D eigenvalue weighted by atomic mass is 79.9. The summed E-state index contributed by atoms with van der Waals surface area (Å²) in [4.78, 5) is 2.24. The van der Waals surface area contributed by atoms with Crippen molar-refractivity contribution in [2.24, 2.45) is 0 Å². The van der Waals surface area contributed by atoms with Crippen LogP contribution in [0.5, 0.6) is 0 Å². The van der Waals surface area contributed by atoms with Crippen molar-refractivity contribution in [2.45, 2.75) is 26.0 Å². The lowest BCUT2D eigenvalue weighted by Crippen LogP contribution is -2.20. The second-order valence-electron chi connectivity index (χ2n) is 5.58. The summed E-state index contributed by atoms with van der Waals surface area (Å²) in [5.41, 5.74) is 3.56. The second kappa shape index (κ2) is 7.74. The van der Waals surface area contributed by atoms with E-state index in [9.17, 15) is 5.11 Å². The van der Waals surface area contributed by atoms with E-state index in [0.717, 1.165) is 29.5 Å². The van der Waals surface area contributed by atoms with Crippen LogP contribution in [0.1, 0.15) is 29.2 Å². The number of halogens is 1. The van der Waals surface area contributed by atoms with Crippen LogP contribution < -0.4 is 0 Å². The van der Waals surface area contributed by atoms with Crippen molar-refractivity contribution in [1.29, 1.82) is 0 Å². The third kappa shape index (κ3) is 5.27. The average molecular weight is 348 g/mol. The summed E-state index contributed by atoms with van der Waals surface area (Å²) in [5, 5.41) is 10.2. The fraction of sp³-hybridized carbons (Fsp3) is 0.333. The number of rotatable bonds is 6. The molecule has 0 radical (unpaired) electrons. The third-order valence-corrected chi connectivity index (χ3v) is 4.08. The normalized spacial score (nSPS) is 12.6. The molecule has 0 saturated carbocycles. The molecular weight excluding hydrogens is 326 g/mol. The monoisotopic (exact) mass is 347 g/mol. The van der Waals surface area contributed by atoms with Gasteiger partial charge in [-0.25, -0.2) is 0 Å². The molecule has 0 aliphatic carbocycles. The largest absolute Gasteiger partial charge is 0.388 e. The maximum Gasteiger partial charge on any atom is 0.0802 e. The summed E-state index contributed by atoms with van der Waals surface area (Å²) >= 11 is 3.44. The topological polar surface area (TPSA) is 23.5 Å². The number of aliphatic hydroxyl groups excluding tert-OH is 1. The Morgan fingerprint density at radius 2 is 1.86 bits per heavy atom. The molecule has 0 spiro atoms. The van der Waals surface area contributed by atoms with E-state index in [-0.39, 0.29) is 0 Å². The first kappa shape index (κ1) is 16.2. The Morgan fingerprint density at radius 3 is 2.52 bits per heavy atom. The molecule has 3 heteroatoms. The Kier molecular flexibility index (Phi) is 5.97. The SMILES string of the molecule is Cc1ccc(CN(C)CCC(O)c2cccc(Br)c2)cc1. The molecular formula is C18H22BrNO. The summed E-state index contributed by atoms with van der Waals surface area (Å²) in [6, 6.07) is 16.5. The van der Waals surface area contributed by atoms with Crippen molar-refractivity contribution in [2.75, 3.05) is 13.6 Å². The highest BCUT2D eigenvalue weighted by Gasteiger charge is 2.09. The van der Waals surface area contributed by atoms with Crippen molar-refractivity contribution in [3.63, 3.8) is 0 Å². The van der Waals surface area contributed by atoms with Crippen LogP contribution in [0.3, 0.4) is 0 Å². The second-order valence-corrected chi connectivity index (χ2v) is 6.50. The van der Waals surface area contributed by atoms with Crippen LogP contribution in [0.2, 0.25) is 0 Å². The van der Waals surface area contributed by atoms with Gasteiger partial charge in [-0.05, 0) is 43.7 Å². The molecule has 21 heavy (non-hydrogen) atoms. The van der Waals surface area contributed by atoms with Crippen LogP contribution in [-0.4, -0.2) is 23.6 Å². The van der Waals surface area contributed by atoms with Gasteiger partial charge in [0.15, 0.2) is 0 Å². The van der Waals surface area contributed by atoms with E-state index in [4.69, 9.17) is 0 Å². The van der Waals surface area contributed by atoms with E-state index in [0.29, 0.717) is 0 Å². The lowest BCUT2D eigenvalue weighted by molar-refractivity contribution is 0.147. The molecule has 1 unspecified atom stereocenters. The van der Waals surface area contributed by atoms with Gasteiger partial charge in [-0.3, -0.25) is 0 Å². The van der Waals surface area contributed by atoms with Crippen molar-refractivity contribution in [1.82, 2.24) is 4.90 Å². The Labute approximate surface area is 135 Å². The molecule has 2 rings (SSSR count). The van der Waals surface area contributed by atoms with Gasteiger partial charge in [-0.2, -0.15) is 0 Å². The van der Waals surface area contributed by atoms with E-state index in [1.807, 2.05) is 24.3 Å². The van der Waals surface area contributed by atoms with Gasteiger partial charge < -0.3 is 10.0 Å². The van der Waals surface area contributed by atoms with Gasteiger partial charge in [-0.15, -0.1) is 0 Å². The molecule has 2 nitrogen and oxygen atoms in total. The maximum absolute atomic E-state index is 10.2. The number of aliphatic hydroxyl groups is 1. The van der Waals surface area contributed by atoms with Crippen molar-refractivity contribution in [3.8, 4) is 0 Å². The van der Waals surface area contributed by atoms with Crippen molar-refractivity contribution in [3.05, 3.63) is 69.7 Å². The van der Waals surface area contributed by atoms with E-state index in [2.05, 4.69) is 59.1 Å². The number of benzene rings is 2. The zero-order chi connectivity index (χ0) is 15.2. The van der Waals surface area contributed by atoms with E-state index in [1.165, 1.54) is 11.1 Å². The Bertz CT molecular complexity index is 568. The Hall–Kier alpha value is -1.16. The van der Waals surface area contributed by atoms with Gasteiger partial charge in [0.2, 0.25) is 0 Å². The first-order valence-electron chi connectivity index (χ1n) is 7.22. The molecule has 0 aromatic heterocycles. The van der Waals surface area contributed by atoms with E-state index < -0.39 is 6.10 Å². The van der Waals surface area contributed by atoms with Gasteiger partial charge in [0.25, 0.3) is 0 Å². The molecule has 0 aliphatic rings. The maximum atomic E-state index is 10.2. The predicted octanol–water partition coefficient (Wildman–Crippen LogP) is 4.31. The predicted molar refractivity (Wildman–Crippen MR) is 91.2 cm³/mol. The molecule has 0 heterocycles. The molecule has 0 saturated heterocycles. The summed E-state index contributed by atoms with van der Waals surface area (Å²) in [6.45, 7) is 3.87. The Morgan fingerprint density at radius 1 is 1.14 bits per heavy atom. The zero-order valence-corrected chi connectivity index (χ0v) is 14.2. The molecule has 0 aliphatic heterocycles. The van der Waals surface area contributed by atoms with Gasteiger partial charge in [-0.1, -0.05) is 57.9 Å². The molecule has 0 amide bonds. The van der Waals surface area contributed by atoms with Crippen LogP contribution >= 0.6 is 15.9 Å². The first-order chi connectivity index (χ1) is 10.0. The highest BCUT2D eigenvalue weighted by Crippen LogP contribution is 2.21. The molecule has 0 bridgehead atoms. The number of hydrogen-bond donors (Lipinski definition) is 1. The molecule has 1 atom stereocenters. The fourth-order valence-corrected chi connectivity index (χ4v) is 2.72. The van der Waals surface area contributed by atoms with Gasteiger partial charge in [0.1, 0.15) is 0 Å². The minimum Gasteiger partial charge on any atom is -0.388 e. The van der Waals surface area contributed by atoms with Gasteiger partial charge >= 0.3 is 0 Å². The zero-order valence-electron chi connectivity index (χ0n) is 12.6. The van der Waals surface area contributed by atoms with Crippen LogP contribution in [-0.2, 0) is 6.54 Å². The lowest BCUT2D eigenvalue weighted by atomic mass is 10.1. The third-order valence-electron chi connectivity index (χ3n) is 3.59. The summed E-state index contributed by atoms with van der Waals surface area (Å²) in [5.74, 6) is 0. The minimum absolute atomic E-state index is 0.414.